The molecule has 1 aliphatic heterocycles. The topological polar surface area (TPSA) is 67.3 Å². The maximum atomic E-state index is 13.1. The molecule has 0 spiro atoms. The predicted molar refractivity (Wildman–Crippen MR) is 116 cm³/mol. The summed E-state index contributed by atoms with van der Waals surface area (Å²) >= 11 is 1.47. The highest BCUT2D eigenvalue weighted by Crippen LogP contribution is 2.36. The van der Waals surface area contributed by atoms with E-state index in [1.54, 1.807) is 12.4 Å². The third kappa shape index (κ3) is 4.56. The largest absolute Gasteiger partial charge is 0.492 e. The summed E-state index contributed by atoms with van der Waals surface area (Å²) in [6.45, 7) is 4.06. The van der Waals surface area contributed by atoms with Gasteiger partial charge in [0.1, 0.15) is 10.6 Å². The smallest absolute Gasteiger partial charge is 0.265 e. The summed E-state index contributed by atoms with van der Waals surface area (Å²) in [5, 5.41) is 3.19. The van der Waals surface area contributed by atoms with Gasteiger partial charge in [0.05, 0.1) is 6.61 Å². The molecule has 0 unspecified atom stereocenters. The Balaban J connectivity index is 1.49. The Morgan fingerprint density at radius 3 is 2.79 bits per heavy atom. The van der Waals surface area contributed by atoms with Gasteiger partial charge in [0.25, 0.3) is 5.91 Å². The van der Waals surface area contributed by atoms with E-state index >= 15 is 0 Å². The summed E-state index contributed by atoms with van der Waals surface area (Å²) in [6, 6.07) is 13.9. The molecule has 1 fully saturated rings. The number of ether oxygens (including phenoxy) is 1. The van der Waals surface area contributed by atoms with Crippen molar-refractivity contribution in [1.82, 2.24) is 15.3 Å². The van der Waals surface area contributed by atoms with E-state index in [4.69, 9.17) is 4.74 Å². The number of anilines is 1. The van der Waals surface area contributed by atoms with Crippen LogP contribution < -0.4 is 15.0 Å². The lowest BCUT2D eigenvalue weighted by molar-refractivity contribution is 0.0934. The Labute approximate surface area is 174 Å². The van der Waals surface area contributed by atoms with Gasteiger partial charge in [-0.15, -0.1) is 11.3 Å². The molecular formula is C22H24N4O2S. The second kappa shape index (κ2) is 9.05. The average molecular weight is 409 g/mol. The van der Waals surface area contributed by atoms with Crippen LogP contribution in [0.2, 0.25) is 0 Å². The highest BCUT2D eigenvalue weighted by molar-refractivity contribution is 7.17. The van der Waals surface area contributed by atoms with Crippen LogP contribution in [0.15, 0.2) is 54.9 Å². The van der Waals surface area contributed by atoms with E-state index in [1.807, 2.05) is 49.4 Å². The van der Waals surface area contributed by atoms with Crippen LogP contribution in [0.1, 0.15) is 29.4 Å². The van der Waals surface area contributed by atoms with E-state index in [0.717, 1.165) is 29.8 Å². The first-order valence-electron chi connectivity index (χ1n) is 9.89. The van der Waals surface area contributed by atoms with Crippen LogP contribution in [-0.2, 0) is 0 Å². The average Bonchev–Trinajstić information content (AvgIpc) is 3.20. The molecule has 1 amide bonds. The Morgan fingerprint density at radius 2 is 2.03 bits per heavy atom. The first-order valence-corrected chi connectivity index (χ1v) is 10.7. The molecule has 1 atom stereocenters. The molecule has 0 radical (unpaired) electrons. The SMILES string of the molecule is CCOc1cc(-c2ccccc2)sc1C(=O)N[C@H]1CCCN(c2ncccn2)C1. The van der Waals surface area contributed by atoms with Gasteiger partial charge in [-0.3, -0.25) is 4.79 Å². The van der Waals surface area contributed by atoms with Crippen LogP contribution in [0.4, 0.5) is 5.95 Å². The number of hydrogen-bond acceptors (Lipinski definition) is 6. The van der Waals surface area contributed by atoms with Gasteiger partial charge in [-0.05, 0) is 37.5 Å². The van der Waals surface area contributed by atoms with Crippen LogP contribution in [0.5, 0.6) is 5.75 Å². The first-order chi connectivity index (χ1) is 14.2. The molecule has 2 aromatic heterocycles. The van der Waals surface area contributed by atoms with Crippen molar-refractivity contribution in [2.24, 2.45) is 0 Å². The second-order valence-electron chi connectivity index (χ2n) is 6.91. The highest BCUT2D eigenvalue weighted by Gasteiger charge is 2.26. The van der Waals surface area contributed by atoms with Crippen LogP contribution in [0.25, 0.3) is 10.4 Å². The summed E-state index contributed by atoms with van der Waals surface area (Å²) in [7, 11) is 0. The number of piperidine rings is 1. The maximum absolute atomic E-state index is 13.1. The van der Waals surface area contributed by atoms with Gasteiger partial charge >= 0.3 is 0 Å². The molecule has 1 N–H and O–H groups in total. The molecule has 0 aliphatic carbocycles. The number of aromatic nitrogens is 2. The van der Waals surface area contributed by atoms with Crippen molar-refractivity contribution in [3.05, 3.63) is 59.7 Å². The van der Waals surface area contributed by atoms with Crippen LogP contribution in [0.3, 0.4) is 0 Å². The zero-order valence-electron chi connectivity index (χ0n) is 16.4. The fourth-order valence-corrected chi connectivity index (χ4v) is 4.53. The fourth-order valence-electron chi connectivity index (χ4n) is 3.52. The van der Waals surface area contributed by atoms with Crippen molar-refractivity contribution in [1.29, 1.82) is 0 Å². The van der Waals surface area contributed by atoms with Crippen LogP contribution >= 0.6 is 11.3 Å². The number of carbonyl (C=O) groups is 1. The minimum atomic E-state index is -0.0820. The number of nitrogens with zero attached hydrogens (tertiary/aromatic N) is 3. The van der Waals surface area contributed by atoms with Gasteiger partial charge in [0, 0.05) is 36.4 Å². The van der Waals surface area contributed by atoms with E-state index in [9.17, 15) is 4.79 Å². The Hall–Kier alpha value is -2.93. The molecule has 7 heteroatoms. The molecule has 3 aromatic rings. The number of benzene rings is 1. The lowest BCUT2D eigenvalue weighted by Crippen LogP contribution is -2.48. The van der Waals surface area contributed by atoms with Gasteiger partial charge in [0.15, 0.2) is 0 Å². The van der Waals surface area contributed by atoms with E-state index in [0.29, 0.717) is 29.7 Å². The van der Waals surface area contributed by atoms with Crippen molar-refractivity contribution < 1.29 is 9.53 Å². The molecule has 1 aliphatic rings. The molecule has 1 aromatic carbocycles. The number of amides is 1. The summed E-state index contributed by atoms with van der Waals surface area (Å²) in [4.78, 5) is 25.5. The molecular weight excluding hydrogens is 384 g/mol. The lowest BCUT2D eigenvalue weighted by atomic mass is 10.1. The normalized spacial score (nSPS) is 16.4. The van der Waals surface area contributed by atoms with Crippen LogP contribution in [0, 0.1) is 0 Å². The lowest BCUT2D eigenvalue weighted by Gasteiger charge is -2.33. The molecule has 1 saturated heterocycles. The number of carbonyl (C=O) groups excluding carboxylic acids is 1. The zero-order valence-corrected chi connectivity index (χ0v) is 17.2. The molecule has 6 nitrogen and oxygen atoms in total. The molecule has 150 valence electrons. The summed E-state index contributed by atoms with van der Waals surface area (Å²) in [6.07, 6.45) is 5.42. The van der Waals surface area contributed by atoms with E-state index in [2.05, 4.69) is 20.2 Å². The monoisotopic (exact) mass is 408 g/mol. The molecule has 0 bridgehead atoms. The summed E-state index contributed by atoms with van der Waals surface area (Å²) in [5.41, 5.74) is 1.09. The van der Waals surface area contributed by atoms with Crippen LogP contribution in [-0.4, -0.2) is 41.6 Å². The van der Waals surface area contributed by atoms with Crippen molar-refractivity contribution in [3.63, 3.8) is 0 Å². The van der Waals surface area contributed by atoms with E-state index < -0.39 is 0 Å². The van der Waals surface area contributed by atoms with Crippen molar-refractivity contribution >= 4 is 23.2 Å². The van der Waals surface area contributed by atoms with Crippen molar-refractivity contribution in [3.8, 4) is 16.2 Å². The third-order valence-corrected chi connectivity index (χ3v) is 6.02. The van der Waals surface area contributed by atoms with Gasteiger partial charge in [-0.25, -0.2) is 9.97 Å². The van der Waals surface area contributed by atoms with E-state index in [1.165, 1.54) is 11.3 Å². The molecule has 29 heavy (non-hydrogen) atoms. The number of nitrogens with one attached hydrogen (secondary N) is 1. The zero-order chi connectivity index (χ0) is 20.1. The quantitative estimate of drug-likeness (QED) is 0.668. The standard InChI is InChI=1S/C22H24N4O2S/c1-2-28-18-14-19(16-8-4-3-5-9-16)29-20(18)21(27)25-17-10-6-13-26(15-17)22-23-11-7-12-24-22/h3-5,7-9,11-12,14,17H,2,6,10,13,15H2,1H3,(H,25,27)/t17-/m0/s1. The third-order valence-electron chi connectivity index (χ3n) is 4.85. The van der Waals surface area contributed by atoms with Gasteiger partial charge in [0.2, 0.25) is 5.95 Å². The van der Waals surface area contributed by atoms with Crippen molar-refractivity contribution in [2.75, 3.05) is 24.6 Å². The number of hydrogen-bond donors (Lipinski definition) is 1. The molecule has 4 rings (SSSR count). The minimum Gasteiger partial charge on any atom is -0.492 e. The Kier molecular flexibility index (Phi) is 6.05. The molecule has 3 heterocycles. The minimum absolute atomic E-state index is 0.0526. The second-order valence-corrected chi connectivity index (χ2v) is 7.96. The van der Waals surface area contributed by atoms with Gasteiger partial charge in [-0.1, -0.05) is 30.3 Å². The number of rotatable bonds is 6. The van der Waals surface area contributed by atoms with E-state index in [-0.39, 0.29) is 11.9 Å². The Morgan fingerprint density at radius 1 is 1.24 bits per heavy atom. The van der Waals surface area contributed by atoms with Gasteiger partial charge < -0.3 is 15.0 Å². The first kappa shape index (κ1) is 19.4. The highest BCUT2D eigenvalue weighted by atomic mass is 32.1. The molecule has 0 saturated carbocycles. The van der Waals surface area contributed by atoms with Crippen molar-refractivity contribution in [2.45, 2.75) is 25.8 Å². The van der Waals surface area contributed by atoms with Gasteiger partial charge in [-0.2, -0.15) is 0 Å². The summed E-state index contributed by atoms with van der Waals surface area (Å²) in [5.74, 6) is 1.28. The fraction of sp³-hybridized carbons (Fsp3) is 0.318. The number of thiophene rings is 1. The Bertz CT molecular complexity index is 946. The summed E-state index contributed by atoms with van der Waals surface area (Å²) < 4.78 is 5.76. The maximum Gasteiger partial charge on any atom is 0.265 e. The predicted octanol–water partition coefficient (Wildman–Crippen LogP) is 4.00.